The number of hydrogen-bond donors (Lipinski definition) is 1. The van der Waals surface area contributed by atoms with Gasteiger partial charge in [0.15, 0.2) is 0 Å². The van der Waals surface area contributed by atoms with Crippen LogP contribution in [-0.2, 0) is 16.0 Å². The zero-order chi connectivity index (χ0) is 17.2. The van der Waals surface area contributed by atoms with Crippen LogP contribution >= 0.6 is 0 Å². The summed E-state index contributed by atoms with van der Waals surface area (Å²) in [6.07, 6.45) is 3.54. The summed E-state index contributed by atoms with van der Waals surface area (Å²) in [5.41, 5.74) is 4.46. The van der Waals surface area contributed by atoms with Crippen LogP contribution in [0.2, 0.25) is 0 Å². The Kier molecular flexibility index (Phi) is 6.64. The Morgan fingerprint density at radius 2 is 1.83 bits per heavy atom. The summed E-state index contributed by atoms with van der Waals surface area (Å²) in [4.78, 5) is 27.6. The molecule has 2 aromatic rings. The molecule has 6 nitrogen and oxygen atoms in total. The van der Waals surface area contributed by atoms with Crippen molar-refractivity contribution in [1.82, 2.24) is 10.4 Å². The molecule has 0 aliphatic carbocycles. The second kappa shape index (κ2) is 9.19. The van der Waals surface area contributed by atoms with Crippen molar-refractivity contribution in [3.63, 3.8) is 0 Å². The van der Waals surface area contributed by atoms with Crippen molar-refractivity contribution in [3.05, 3.63) is 66.0 Å². The first-order valence-electron chi connectivity index (χ1n) is 7.64. The third-order valence-electron chi connectivity index (χ3n) is 3.16. The number of hydrazone groups is 1. The van der Waals surface area contributed by atoms with Crippen molar-refractivity contribution < 1.29 is 14.3 Å². The van der Waals surface area contributed by atoms with E-state index >= 15 is 0 Å². The largest absolute Gasteiger partial charge is 0.466 e. The number of hydrogen-bond acceptors (Lipinski definition) is 5. The molecule has 0 fully saturated rings. The third-order valence-corrected chi connectivity index (χ3v) is 3.16. The summed E-state index contributed by atoms with van der Waals surface area (Å²) < 4.78 is 4.96. The molecule has 1 amide bonds. The zero-order valence-corrected chi connectivity index (χ0v) is 13.4. The van der Waals surface area contributed by atoms with Gasteiger partial charge in [-0.2, -0.15) is 5.10 Å². The van der Waals surface area contributed by atoms with Crippen LogP contribution in [0.1, 0.15) is 29.3 Å². The fraction of sp³-hybridized carbons (Fsp3) is 0.222. The lowest BCUT2D eigenvalue weighted by Crippen LogP contribution is -2.22. The molecule has 0 aliphatic rings. The number of nitrogens with one attached hydrogen (secondary N) is 1. The van der Waals surface area contributed by atoms with Gasteiger partial charge in [-0.1, -0.05) is 30.3 Å². The molecule has 1 aromatic carbocycles. The van der Waals surface area contributed by atoms with Crippen molar-refractivity contribution in [2.75, 3.05) is 6.61 Å². The van der Waals surface area contributed by atoms with Crippen LogP contribution in [0.15, 0.2) is 60.0 Å². The highest BCUT2D eigenvalue weighted by molar-refractivity contribution is 6.01. The fourth-order valence-corrected chi connectivity index (χ4v) is 2.05. The molecule has 0 bridgehead atoms. The first-order valence-corrected chi connectivity index (χ1v) is 7.64. The first kappa shape index (κ1) is 17.3. The molecule has 6 heteroatoms. The van der Waals surface area contributed by atoms with Crippen LogP contribution in [0.3, 0.4) is 0 Å². The number of pyridine rings is 1. The van der Waals surface area contributed by atoms with Crippen molar-refractivity contribution in [3.8, 4) is 0 Å². The Bertz CT molecular complexity index is 700. The summed E-state index contributed by atoms with van der Waals surface area (Å²) in [6.45, 7) is 2.05. The van der Waals surface area contributed by atoms with Gasteiger partial charge < -0.3 is 4.74 Å². The maximum absolute atomic E-state index is 12.1. The maximum atomic E-state index is 12.1. The number of benzene rings is 1. The van der Waals surface area contributed by atoms with Gasteiger partial charge >= 0.3 is 5.97 Å². The van der Waals surface area contributed by atoms with Crippen LogP contribution in [0, 0.1) is 0 Å². The van der Waals surface area contributed by atoms with Crippen LogP contribution in [0.5, 0.6) is 0 Å². The van der Waals surface area contributed by atoms with E-state index in [0.29, 0.717) is 24.3 Å². The fourth-order valence-electron chi connectivity index (χ4n) is 2.05. The smallest absolute Gasteiger partial charge is 0.311 e. The monoisotopic (exact) mass is 325 g/mol. The molecule has 0 spiro atoms. The van der Waals surface area contributed by atoms with E-state index in [1.165, 1.54) is 12.4 Å². The average molecular weight is 325 g/mol. The summed E-state index contributed by atoms with van der Waals surface area (Å²) in [5, 5.41) is 4.11. The van der Waals surface area contributed by atoms with E-state index in [0.717, 1.165) is 5.56 Å². The number of aromatic nitrogens is 1. The van der Waals surface area contributed by atoms with E-state index in [9.17, 15) is 9.59 Å². The Morgan fingerprint density at radius 3 is 2.50 bits per heavy atom. The highest BCUT2D eigenvalue weighted by atomic mass is 16.5. The van der Waals surface area contributed by atoms with Gasteiger partial charge in [0, 0.05) is 24.4 Å². The van der Waals surface area contributed by atoms with Crippen molar-refractivity contribution in [2.45, 2.75) is 19.8 Å². The number of ether oxygens (including phenoxy) is 1. The molecule has 1 aromatic heterocycles. The lowest BCUT2D eigenvalue weighted by molar-refractivity contribution is -0.141. The minimum absolute atomic E-state index is 0.0271. The molecule has 0 atom stereocenters. The molecular formula is C18H19N3O3. The van der Waals surface area contributed by atoms with Crippen LogP contribution in [0.4, 0.5) is 0 Å². The molecule has 24 heavy (non-hydrogen) atoms. The van der Waals surface area contributed by atoms with Gasteiger partial charge in [-0.25, -0.2) is 5.43 Å². The highest BCUT2D eigenvalue weighted by Crippen LogP contribution is 2.05. The van der Waals surface area contributed by atoms with Gasteiger partial charge in [0.1, 0.15) is 0 Å². The Morgan fingerprint density at radius 1 is 1.12 bits per heavy atom. The Labute approximate surface area is 140 Å². The van der Waals surface area contributed by atoms with Gasteiger partial charge in [0.2, 0.25) is 0 Å². The highest BCUT2D eigenvalue weighted by Gasteiger charge is 2.11. The minimum Gasteiger partial charge on any atom is -0.466 e. The van der Waals surface area contributed by atoms with E-state index in [1.54, 1.807) is 19.1 Å². The second-order valence-corrected chi connectivity index (χ2v) is 5.00. The van der Waals surface area contributed by atoms with E-state index in [1.807, 2.05) is 30.3 Å². The standard InChI is InChI=1S/C18H19N3O3/c1-2-24-17(22)13-16(12-14-6-4-3-5-7-14)20-21-18(23)15-8-10-19-11-9-15/h3-11H,2,12-13H2,1H3,(H,21,23)/b20-16+. The van der Waals surface area contributed by atoms with Gasteiger partial charge in [-0.15, -0.1) is 0 Å². The van der Waals surface area contributed by atoms with E-state index in [4.69, 9.17) is 4.74 Å². The van der Waals surface area contributed by atoms with Crippen molar-refractivity contribution in [2.24, 2.45) is 5.10 Å². The number of rotatable bonds is 7. The molecule has 0 saturated carbocycles. The molecular weight excluding hydrogens is 306 g/mol. The van der Waals surface area contributed by atoms with Crippen LogP contribution in [-0.4, -0.2) is 29.2 Å². The first-order chi connectivity index (χ1) is 11.7. The summed E-state index contributed by atoms with van der Waals surface area (Å²) >= 11 is 0. The molecule has 0 saturated heterocycles. The quantitative estimate of drug-likeness (QED) is 0.481. The molecule has 124 valence electrons. The van der Waals surface area contributed by atoms with Gasteiger partial charge in [-0.3, -0.25) is 14.6 Å². The predicted octanol–water partition coefficient (Wildman–Crippen LogP) is 2.36. The minimum atomic E-state index is -0.370. The maximum Gasteiger partial charge on any atom is 0.311 e. The molecule has 0 radical (unpaired) electrons. The molecule has 0 unspecified atom stereocenters. The number of amides is 1. The summed E-state index contributed by atoms with van der Waals surface area (Å²) in [6, 6.07) is 12.8. The van der Waals surface area contributed by atoms with E-state index < -0.39 is 0 Å². The van der Waals surface area contributed by atoms with Crippen molar-refractivity contribution >= 4 is 17.6 Å². The number of nitrogens with zero attached hydrogens (tertiary/aromatic N) is 2. The number of carbonyl (C=O) groups excluding carboxylic acids is 2. The van der Waals surface area contributed by atoms with E-state index in [2.05, 4.69) is 15.5 Å². The van der Waals surface area contributed by atoms with Gasteiger partial charge in [0.25, 0.3) is 5.91 Å². The SMILES string of the molecule is CCOC(=O)C/C(Cc1ccccc1)=N/NC(=O)c1ccncc1. The van der Waals surface area contributed by atoms with Gasteiger partial charge in [-0.05, 0) is 24.6 Å². The van der Waals surface area contributed by atoms with E-state index in [-0.39, 0.29) is 18.3 Å². The summed E-state index contributed by atoms with van der Waals surface area (Å²) in [5.74, 6) is -0.725. The predicted molar refractivity (Wildman–Crippen MR) is 90.5 cm³/mol. The Balaban J connectivity index is 2.08. The molecule has 1 N–H and O–H groups in total. The normalized spacial score (nSPS) is 11.0. The molecule has 0 aliphatic heterocycles. The molecule has 2 rings (SSSR count). The third kappa shape index (κ3) is 5.64. The lowest BCUT2D eigenvalue weighted by Gasteiger charge is -2.07. The average Bonchev–Trinajstić information content (AvgIpc) is 2.61. The second-order valence-electron chi connectivity index (χ2n) is 5.00. The number of esters is 1. The topological polar surface area (TPSA) is 80.6 Å². The zero-order valence-electron chi connectivity index (χ0n) is 13.4. The molecule has 1 heterocycles. The lowest BCUT2D eigenvalue weighted by atomic mass is 10.1. The summed E-state index contributed by atoms with van der Waals surface area (Å²) in [7, 11) is 0. The van der Waals surface area contributed by atoms with Crippen LogP contribution < -0.4 is 5.43 Å². The van der Waals surface area contributed by atoms with Crippen LogP contribution in [0.25, 0.3) is 0 Å². The number of carbonyl (C=O) groups is 2. The van der Waals surface area contributed by atoms with Crippen molar-refractivity contribution in [1.29, 1.82) is 0 Å². The Hall–Kier alpha value is -3.02. The van der Waals surface area contributed by atoms with Gasteiger partial charge in [0.05, 0.1) is 18.7 Å².